The molecular formula is C29H22BrN3OS. The molecule has 0 radical (unpaired) electrons. The molecule has 0 atom stereocenters. The summed E-state index contributed by atoms with van der Waals surface area (Å²) in [7, 11) is 0. The van der Waals surface area contributed by atoms with Crippen LogP contribution in [0.4, 0.5) is 5.13 Å². The smallest absolute Gasteiger partial charge is 0.267 e. The average Bonchev–Trinajstić information content (AvgIpc) is 3.29. The normalized spacial score (nSPS) is 11.3. The van der Waals surface area contributed by atoms with E-state index in [0.29, 0.717) is 10.7 Å². The summed E-state index contributed by atoms with van der Waals surface area (Å²) < 4.78 is 1.95. The Hall–Kier alpha value is -3.61. The number of amides is 1. The van der Waals surface area contributed by atoms with E-state index in [-0.39, 0.29) is 5.91 Å². The van der Waals surface area contributed by atoms with Crippen molar-refractivity contribution in [3.8, 4) is 0 Å². The first-order valence-electron chi connectivity index (χ1n) is 11.2. The Morgan fingerprint density at radius 1 is 0.943 bits per heavy atom. The highest BCUT2D eigenvalue weighted by Gasteiger charge is 2.21. The zero-order valence-electron chi connectivity index (χ0n) is 19.1. The molecule has 4 aromatic carbocycles. The number of thiazole rings is 1. The van der Waals surface area contributed by atoms with E-state index < -0.39 is 0 Å². The molecule has 0 saturated carbocycles. The number of hydrogen-bond donors (Lipinski definition) is 0. The summed E-state index contributed by atoms with van der Waals surface area (Å²) in [4.78, 5) is 18.3. The molecule has 1 aromatic heterocycles. The lowest BCUT2D eigenvalue weighted by Gasteiger charge is -2.14. The van der Waals surface area contributed by atoms with Gasteiger partial charge in [-0.15, -0.1) is 0 Å². The summed E-state index contributed by atoms with van der Waals surface area (Å²) in [6.45, 7) is 2.04. The van der Waals surface area contributed by atoms with Crippen LogP contribution in [-0.4, -0.2) is 17.1 Å². The van der Waals surface area contributed by atoms with E-state index in [1.165, 1.54) is 27.5 Å². The van der Waals surface area contributed by atoms with Crippen molar-refractivity contribution in [3.05, 3.63) is 129 Å². The molecule has 5 rings (SSSR count). The molecule has 0 N–H and O–H groups in total. The van der Waals surface area contributed by atoms with Gasteiger partial charge in [0.25, 0.3) is 5.91 Å². The van der Waals surface area contributed by atoms with Crippen LogP contribution in [0.15, 0.2) is 107 Å². The molecule has 0 aliphatic carbocycles. The quantitative estimate of drug-likeness (QED) is 0.164. The van der Waals surface area contributed by atoms with Gasteiger partial charge in [0.05, 0.1) is 16.4 Å². The average molecular weight is 540 g/mol. The maximum absolute atomic E-state index is 13.6. The summed E-state index contributed by atoms with van der Waals surface area (Å²) in [6, 6.07) is 31.9. The van der Waals surface area contributed by atoms with E-state index in [1.54, 1.807) is 6.21 Å². The van der Waals surface area contributed by atoms with E-state index >= 15 is 0 Å². The minimum atomic E-state index is -0.224. The van der Waals surface area contributed by atoms with Gasteiger partial charge in [-0.3, -0.25) is 4.79 Å². The second-order valence-electron chi connectivity index (χ2n) is 8.24. The number of hydrazone groups is 1. The number of fused-ring (bicyclic) bond motifs is 1. The van der Waals surface area contributed by atoms with Crippen LogP contribution in [0.3, 0.4) is 0 Å². The fourth-order valence-corrected chi connectivity index (χ4v) is 5.14. The predicted octanol–water partition coefficient (Wildman–Crippen LogP) is 7.64. The summed E-state index contributed by atoms with van der Waals surface area (Å²) in [5.41, 5.74) is 5.85. The second-order valence-corrected chi connectivity index (χ2v) is 10.2. The van der Waals surface area contributed by atoms with Crippen LogP contribution in [0.1, 0.15) is 32.6 Å². The zero-order chi connectivity index (χ0) is 24.2. The number of carbonyl (C=O) groups excluding carboxylic acids is 1. The van der Waals surface area contributed by atoms with E-state index in [2.05, 4.69) is 38.1 Å². The fourth-order valence-electron chi connectivity index (χ4n) is 3.66. The Morgan fingerprint density at radius 2 is 1.66 bits per heavy atom. The van der Waals surface area contributed by atoms with Crippen LogP contribution < -0.4 is 5.01 Å². The van der Waals surface area contributed by atoms with Crippen molar-refractivity contribution in [1.82, 2.24) is 4.98 Å². The number of anilines is 1. The van der Waals surface area contributed by atoms with Gasteiger partial charge in [0.15, 0.2) is 0 Å². The second kappa shape index (κ2) is 10.3. The number of benzene rings is 4. The molecule has 0 bridgehead atoms. The number of aryl methyl sites for hydroxylation is 1. The van der Waals surface area contributed by atoms with Crippen LogP contribution in [0.5, 0.6) is 0 Å². The number of halogens is 1. The molecule has 0 unspecified atom stereocenters. The SMILES string of the molecule is Cc1ccc(/C=N/N(C(=O)c2ccc(Cc3ccccc3)cc2)c2nc3ccc(Br)cc3s2)cc1. The van der Waals surface area contributed by atoms with Gasteiger partial charge >= 0.3 is 0 Å². The molecule has 172 valence electrons. The number of carbonyl (C=O) groups is 1. The van der Waals surface area contributed by atoms with Crippen molar-refractivity contribution in [2.75, 3.05) is 5.01 Å². The van der Waals surface area contributed by atoms with Crippen molar-refractivity contribution in [3.63, 3.8) is 0 Å². The molecule has 0 saturated heterocycles. The highest BCUT2D eigenvalue weighted by molar-refractivity contribution is 9.10. The highest BCUT2D eigenvalue weighted by atomic mass is 79.9. The molecule has 4 nitrogen and oxygen atoms in total. The van der Waals surface area contributed by atoms with Crippen LogP contribution in [0, 0.1) is 6.92 Å². The minimum Gasteiger partial charge on any atom is -0.267 e. The van der Waals surface area contributed by atoms with E-state index in [9.17, 15) is 4.79 Å². The molecule has 0 spiro atoms. The Kier molecular flexibility index (Phi) is 6.84. The van der Waals surface area contributed by atoms with Crippen molar-refractivity contribution >= 4 is 54.7 Å². The third kappa shape index (κ3) is 5.56. The minimum absolute atomic E-state index is 0.224. The zero-order valence-corrected chi connectivity index (χ0v) is 21.5. The predicted molar refractivity (Wildman–Crippen MR) is 149 cm³/mol. The van der Waals surface area contributed by atoms with Crippen LogP contribution >= 0.6 is 27.3 Å². The van der Waals surface area contributed by atoms with Gasteiger partial charge in [-0.05, 0) is 60.4 Å². The van der Waals surface area contributed by atoms with Crippen molar-refractivity contribution in [2.24, 2.45) is 5.10 Å². The Balaban J connectivity index is 1.46. The van der Waals surface area contributed by atoms with Crippen LogP contribution in [-0.2, 0) is 6.42 Å². The van der Waals surface area contributed by atoms with Crippen molar-refractivity contribution in [1.29, 1.82) is 0 Å². The molecule has 0 aliphatic rings. The van der Waals surface area contributed by atoms with Crippen LogP contribution in [0.2, 0.25) is 0 Å². The van der Waals surface area contributed by atoms with Gasteiger partial charge in [-0.25, -0.2) is 4.98 Å². The fraction of sp³-hybridized carbons (Fsp3) is 0.0690. The largest absolute Gasteiger partial charge is 0.280 e. The third-order valence-corrected chi connectivity index (χ3v) is 7.05. The molecule has 0 aliphatic heterocycles. The number of hydrogen-bond acceptors (Lipinski definition) is 4. The number of aromatic nitrogens is 1. The molecule has 1 heterocycles. The molecule has 35 heavy (non-hydrogen) atoms. The lowest BCUT2D eigenvalue weighted by molar-refractivity contribution is 0.0988. The molecule has 0 fully saturated rings. The van der Waals surface area contributed by atoms with Gasteiger partial charge in [-0.1, -0.05) is 99.6 Å². The van der Waals surface area contributed by atoms with Gasteiger partial charge in [0.2, 0.25) is 5.13 Å². The van der Waals surface area contributed by atoms with E-state index in [4.69, 9.17) is 0 Å². The third-order valence-electron chi connectivity index (χ3n) is 5.56. The van der Waals surface area contributed by atoms with Gasteiger partial charge in [-0.2, -0.15) is 10.1 Å². The van der Waals surface area contributed by atoms with E-state index in [1.807, 2.05) is 91.9 Å². The summed E-state index contributed by atoms with van der Waals surface area (Å²) >= 11 is 4.95. The van der Waals surface area contributed by atoms with Gasteiger partial charge in [0.1, 0.15) is 0 Å². The summed E-state index contributed by atoms with van der Waals surface area (Å²) in [5, 5.41) is 6.49. The van der Waals surface area contributed by atoms with Gasteiger partial charge < -0.3 is 0 Å². The van der Waals surface area contributed by atoms with Crippen molar-refractivity contribution < 1.29 is 4.79 Å². The lowest BCUT2D eigenvalue weighted by atomic mass is 10.0. The molecular weight excluding hydrogens is 518 g/mol. The Labute approximate surface area is 216 Å². The van der Waals surface area contributed by atoms with E-state index in [0.717, 1.165) is 32.2 Å². The molecule has 5 aromatic rings. The summed E-state index contributed by atoms with van der Waals surface area (Å²) in [6.07, 6.45) is 2.51. The maximum atomic E-state index is 13.6. The first kappa shape index (κ1) is 23.1. The topological polar surface area (TPSA) is 45.6 Å². The molecule has 6 heteroatoms. The first-order chi connectivity index (χ1) is 17.0. The standard InChI is InChI=1S/C29H22BrN3OS/c1-20-7-9-23(10-8-20)19-31-33(29-32-26-16-15-25(30)18-27(26)35-29)28(34)24-13-11-22(12-14-24)17-21-5-3-2-4-6-21/h2-16,18-19H,17H2,1H3/b31-19+. The maximum Gasteiger partial charge on any atom is 0.280 e. The van der Waals surface area contributed by atoms with Crippen molar-refractivity contribution in [2.45, 2.75) is 13.3 Å². The monoisotopic (exact) mass is 539 g/mol. The Morgan fingerprint density at radius 3 is 2.40 bits per heavy atom. The highest BCUT2D eigenvalue weighted by Crippen LogP contribution is 2.32. The number of nitrogens with zero attached hydrogens (tertiary/aromatic N) is 3. The van der Waals surface area contributed by atoms with Crippen LogP contribution in [0.25, 0.3) is 10.2 Å². The number of rotatable bonds is 6. The first-order valence-corrected chi connectivity index (χ1v) is 12.8. The van der Waals surface area contributed by atoms with Gasteiger partial charge in [0, 0.05) is 10.0 Å². The molecule has 1 amide bonds. The lowest BCUT2D eigenvalue weighted by Crippen LogP contribution is -2.25. The summed E-state index contributed by atoms with van der Waals surface area (Å²) in [5.74, 6) is -0.224. The Bertz CT molecular complexity index is 1490.